The van der Waals surface area contributed by atoms with Gasteiger partial charge in [-0.3, -0.25) is 9.59 Å². The van der Waals surface area contributed by atoms with E-state index in [9.17, 15) is 18.4 Å². The lowest BCUT2D eigenvalue weighted by Crippen LogP contribution is -2.26. The second kappa shape index (κ2) is 8.45. The fourth-order valence-corrected chi connectivity index (χ4v) is 3.76. The van der Waals surface area contributed by atoms with Crippen molar-refractivity contribution in [3.63, 3.8) is 0 Å². The van der Waals surface area contributed by atoms with E-state index in [0.29, 0.717) is 41.7 Å². The van der Waals surface area contributed by atoms with Gasteiger partial charge in [-0.25, -0.2) is 0 Å². The normalized spacial score (nSPS) is 15.1. The summed E-state index contributed by atoms with van der Waals surface area (Å²) in [7, 11) is 1.37. The standard InChI is InChI=1S/C22H25F2NO5/c1-12-18-14(26)10-22(2,3)11-17(18)29-19(12)20(27)25-8-7-13-5-6-15(28-4)16(9-13)30-21(23)24/h5-6,9,21H,7-8,10-11H2,1-4H3,(H,25,27). The van der Waals surface area contributed by atoms with Crippen LogP contribution < -0.4 is 14.8 Å². The van der Waals surface area contributed by atoms with E-state index in [-0.39, 0.29) is 35.0 Å². The van der Waals surface area contributed by atoms with Gasteiger partial charge < -0.3 is 19.2 Å². The monoisotopic (exact) mass is 421 g/mol. The Bertz CT molecular complexity index is 965. The first-order chi connectivity index (χ1) is 14.1. The molecule has 0 aliphatic heterocycles. The lowest BCUT2D eigenvalue weighted by atomic mass is 9.76. The Balaban J connectivity index is 1.67. The number of fused-ring (bicyclic) bond motifs is 1. The van der Waals surface area contributed by atoms with Gasteiger partial charge in [-0.15, -0.1) is 0 Å². The summed E-state index contributed by atoms with van der Waals surface area (Å²) in [5.74, 6) is 0.418. The molecule has 1 aliphatic rings. The number of carbonyl (C=O) groups excluding carboxylic acids is 2. The molecule has 1 aromatic carbocycles. The molecule has 0 unspecified atom stereocenters. The quantitative estimate of drug-likeness (QED) is 0.720. The second-order valence-corrected chi connectivity index (χ2v) is 8.16. The van der Waals surface area contributed by atoms with E-state index in [1.807, 2.05) is 13.8 Å². The number of carbonyl (C=O) groups is 2. The maximum absolute atomic E-state index is 12.6. The van der Waals surface area contributed by atoms with Crippen molar-refractivity contribution in [3.05, 3.63) is 46.4 Å². The molecule has 8 heteroatoms. The molecule has 0 saturated carbocycles. The Kier molecular flexibility index (Phi) is 6.14. The average molecular weight is 421 g/mol. The van der Waals surface area contributed by atoms with Gasteiger partial charge >= 0.3 is 6.61 Å². The molecule has 1 N–H and O–H groups in total. The maximum Gasteiger partial charge on any atom is 0.387 e. The molecular formula is C22H25F2NO5. The van der Waals surface area contributed by atoms with Crippen molar-refractivity contribution in [2.24, 2.45) is 5.41 Å². The first-order valence-corrected chi connectivity index (χ1v) is 9.66. The number of alkyl halides is 2. The molecule has 0 atom stereocenters. The molecule has 1 amide bonds. The highest BCUT2D eigenvalue weighted by atomic mass is 19.3. The molecule has 1 aromatic heterocycles. The molecule has 0 spiro atoms. The summed E-state index contributed by atoms with van der Waals surface area (Å²) in [6.07, 6.45) is 1.41. The van der Waals surface area contributed by atoms with Gasteiger partial charge in [-0.05, 0) is 36.5 Å². The predicted molar refractivity (Wildman–Crippen MR) is 106 cm³/mol. The molecule has 30 heavy (non-hydrogen) atoms. The number of furan rings is 1. The number of hydrogen-bond donors (Lipinski definition) is 1. The molecule has 2 aromatic rings. The summed E-state index contributed by atoms with van der Waals surface area (Å²) in [4.78, 5) is 25.0. The number of ether oxygens (including phenoxy) is 2. The molecule has 3 rings (SSSR count). The fraction of sp³-hybridized carbons (Fsp3) is 0.455. The van der Waals surface area contributed by atoms with E-state index in [0.717, 1.165) is 0 Å². The molecule has 0 fully saturated rings. The van der Waals surface area contributed by atoms with Crippen molar-refractivity contribution < 1.29 is 32.3 Å². The van der Waals surface area contributed by atoms with Crippen LogP contribution in [0.2, 0.25) is 0 Å². The minimum atomic E-state index is -2.96. The number of methoxy groups -OCH3 is 1. The highest BCUT2D eigenvalue weighted by Gasteiger charge is 2.37. The second-order valence-electron chi connectivity index (χ2n) is 8.16. The van der Waals surface area contributed by atoms with Gasteiger partial charge in [-0.2, -0.15) is 8.78 Å². The SMILES string of the molecule is COc1ccc(CCNC(=O)c2oc3c(c2C)C(=O)CC(C)(C)C3)cc1OC(F)F. The van der Waals surface area contributed by atoms with Crippen LogP contribution in [0.1, 0.15) is 58.1 Å². The van der Waals surface area contributed by atoms with E-state index < -0.39 is 12.5 Å². The van der Waals surface area contributed by atoms with Crippen molar-refractivity contribution >= 4 is 11.7 Å². The minimum absolute atomic E-state index is 0.00802. The summed E-state index contributed by atoms with van der Waals surface area (Å²) in [5, 5.41) is 2.76. The average Bonchev–Trinajstić information content (AvgIpc) is 2.96. The van der Waals surface area contributed by atoms with Gasteiger partial charge in [0.1, 0.15) is 5.76 Å². The maximum atomic E-state index is 12.6. The zero-order valence-electron chi connectivity index (χ0n) is 17.4. The number of nitrogens with one attached hydrogen (secondary N) is 1. The Labute approximate surface area is 173 Å². The fourth-order valence-electron chi connectivity index (χ4n) is 3.76. The summed E-state index contributed by atoms with van der Waals surface area (Å²) in [6.45, 7) is 2.99. The number of hydrogen-bond acceptors (Lipinski definition) is 5. The van der Waals surface area contributed by atoms with E-state index in [1.165, 1.54) is 19.2 Å². The lowest BCUT2D eigenvalue weighted by molar-refractivity contribution is -0.0512. The van der Waals surface area contributed by atoms with Crippen LogP contribution in [-0.4, -0.2) is 32.0 Å². The lowest BCUT2D eigenvalue weighted by Gasteiger charge is -2.27. The van der Waals surface area contributed by atoms with Crippen LogP contribution in [0, 0.1) is 12.3 Å². The summed E-state index contributed by atoms with van der Waals surface area (Å²) >= 11 is 0. The van der Waals surface area contributed by atoms with E-state index in [1.54, 1.807) is 13.0 Å². The molecule has 0 bridgehead atoms. The predicted octanol–water partition coefficient (Wildman–Crippen LogP) is 4.33. The van der Waals surface area contributed by atoms with Crippen LogP contribution in [0.25, 0.3) is 0 Å². The Morgan fingerprint density at radius 2 is 2.00 bits per heavy atom. The first kappa shape index (κ1) is 21.8. The van der Waals surface area contributed by atoms with Crippen LogP contribution in [0.4, 0.5) is 8.78 Å². The number of Topliss-reactive ketones (excluding diaryl/α,β-unsaturated/α-hetero) is 1. The molecule has 1 aliphatic carbocycles. The molecule has 0 radical (unpaired) electrons. The smallest absolute Gasteiger partial charge is 0.387 e. The third-order valence-electron chi connectivity index (χ3n) is 5.13. The van der Waals surface area contributed by atoms with Gasteiger partial charge in [-0.1, -0.05) is 19.9 Å². The highest BCUT2D eigenvalue weighted by Crippen LogP contribution is 2.38. The topological polar surface area (TPSA) is 77.8 Å². The molecular weight excluding hydrogens is 396 g/mol. The number of ketones is 1. The molecule has 162 valence electrons. The van der Waals surface area contributed by atoms with E-state index in [2.05, 4.69) is 10.1 Å². The van der Waals surface area contributed by atoms with Crippen molar-refractivity contribution in [2.45, 2.75) is 46.6 Å². The van der Waals surface area contributed by atoms with Crippen molar-refractivity contribution in [1.29, 1.82) is 0 Å². The third-order valence-corrected chi connectivity index (χ3v) is 5.13. The number of halogens is 2. The molecule has 0 saturated heterocycles. The van der Waals surface area contributed by atoms with Crippen LogP contribution in [0.15, 0.2) is 22.6 Å². The molecule has 1 heterocycles. The van der Waals surface area contributed by atoms with E-state index in [4.69, 9.17) is 9.15 Å². The third kappa shape index (κ3) is 4.63. The van der Waals surface area contributed by atoms with Crippen LogP contribution in [0.3, 0.4) is 0 Å². The van der Waals surface area contributed by atoms with Gasteiger partial charge in [0.05, 0.1) is 12.7 Å². The van der Waals surface area contributed by atoms with Crippen LogP contribution in [-0.2, 0) is 12.8 Å². The Morgan fingerprint density at radius 1 is 1.27 bits per heavy atom. The summed E-state index contributed by atoms with van der Waals surface area (Å²) in [5.41, 5.74) is 1.57. The van der Waals surface area contributed by atoms with Crippen molar-refractivity contribution in [3.8, 4) is 11.5 Å². The first-order valence-electron chi connectivity index (χ1n) is 9.66. The number of amides is 1. The van der Waals surface area contributed by atoms with Gasteiger partial charge in [0, 0.05) is 24.9 Å². The zero-order chi connectivity index (χ0) is 22.1. The Hall–Kier alpha value is -2.90. The number of benzene rings is 1. The minimum Gasteiger partial charge on any atom is -0.493 e. The van der Waals surface area contributed by atoms with Crippen molar-refractivity contribution in [1.82, 2.24) is 5.32 Å². The number of rotatable bonds is 7. The molecule has 6 nitrogen and oxygen atoms in total. The van der Waals surface area contributed by atoms with E-state index >= 15 is 0 Å². The summed E-state index contributed by atoms with van der Waals surface area (Å²) in [6, 6.07) is 4.70. The summed E-state index contributed by atoms with van der Waals surface area (Å²) < 4.78 is 40.3. The largest absolute Gasteiger partial charge is 0.493 e. The van der Waals surface area contributed by atoms with Gasteiger partial charge in [0.25, 0.3) is 5.91 Å². The highest BCUT2D eigenvalue weighted by molar-refractivity contribution is 6.03. The van der Waals surface area contributed by atoms with Crippen LogP contribution in [0.5, 0.6) is 11.5 Å². The zero-order valence-corrected chi connectivity index (χ0v) is 17.4. The van der Waals surface area contributed by atoms with Gasteiger partial charge in [0.2, 0.25) is 0 Å². The van der Waals surface area contributed by atoms with Crippen LogP contribution >= 0.6 is 0 Å². The van der Waals surface area contributed by atoms with Gasteiger partial charge in [0.15, 0.2) is 23.0 Å². The Morgan fingerprint density at radius 3 is 2.67 bits per heavy atom. The van der Waals surface area contributed by atoms with Crippen molar-refractivity contribution in [2.75, 3.05) is 13.7 Å².